The number of hydrogen-bond donors (Lipinski definition) is 2. The van der Waals surface area contributed by atoms with Crippen LogP contribution in [0.2, 0.25) is 0 Å². The van der Waals surface area contributed by atoms with Crippen molar-refractivity contribution >= 4 is 29.1 Å². The smallest absolute Gasteiger partial charge is 0.331 e. The van der Waals surface area contributed by atoms with Crippen molar-refractivity contribution in [3.05, 3.63) is 22.4 Å². The van der Waals surface area contributed by atoms with E-state index in [1.807, 2.05) is 11.4 Å². The monoisotopic (exact) mass is 215 g/mol. The first-order valence-electron chi connectivity index (χ1n) is 3.90. The molecule has 0 unspecified atom stereocenters. The molecular weight excluding hydrogens is 206 g/mol. The first kappa shape index (κ1) is 9.05. The second-order valence-corrected chi connectivity index (χ2v) is 4.75. The molecular formula is C8H9NO2S2. The van der Waals surface area contributed by atoms with Crippen LogP contribution in [0.4, 0.5) is 0 Å². The lowest BCUT2D eigenvalue weighted by Crippen LogP contribution is -2.30. The molecule has 1 saturated heterocycles. The second kappa shape index (κ2) is 3.69. The SMILES string of the molecule is O=C(O)[C@H]1N[C@@H](c2ccsc2)CS1. The quantitative estimate of drug-likeness (QED) is 0.785. The molecule has 0 amide bonds. The highest BCUT2D eigenvalue weighted by atomic mass is 32.2. The Morgan fingerprint density at radius 2 is 2.54 bits per heavy atom. The molecule has 0 saturated carbocycles. The number of carboxylic acids is 1. The lowest BCUT2D eigenvalue weighted by molar-refractivity contribution is -0.136. The lowest BCUT2D eigenvalue weighted by atomic mass is 10.2. The van der Waals surface area contributed by atoms with E-state index in [1.54, 1.807) is 11.3 Å². The van der Waals surface area contributed by atoms with Crippen LogP contribution in [-0.2, 0) is 4.79 Å². The summed E-state index contributed by atoms with van der Waals surface area (Å²) in [5.41, 5.74) is 1.20. The number of carboxylic acid groups (broad SMARTS) is 1. The van der Waals surface area contributed by atoms with E-state index in [9.17, 15) is 4.79 Å². The molecule has 2 atom stereocenters. The third-order valence-electron chi connectivity index (χ3n) is 1.95. The molecule has 0 aliphatic carbocycles. The van der Waals surface area contributed by atoms with Gasteiger partial charge < -0.3 is 5.11 Å². The number of aliphatic carboxylic acids is 1. The summed E-state index contributed by atoms with van der Waals surface area (Å²) in [5.74, 6) is 0.0657. The van der Waals surface area contributed by atoms with Crippen LogP contribution in [-0.4, -0.2) is 22.2 Å². The van der Waals surface area contributed by atoms with Gasteiger partial charge in [0, 0.05) is 11.8 Å². The molecule has 0 spiro atoms. The summed E-state index contributed by atoms with van der Waals surface area (Å²) in [5, 5.41) is 15.4. The van der Waals surface area contributed by atoms with Gasteiger partial charge in [-0.25, -0.2) is 4.79 Å². The Labute approximate surface area is 84.2 Å². The van der Waals surface area contributed by atoms with E-state index >= 15 is 0 Å². The summed E-state index contributed by atoms with van der Waals surface area (Å²) >= 11 is 3.09. The highest BCUT2D eigenvalue weighted by Gasteiger charge is 2.30. The van der Waals surface area contributed by atoms with Gasteiger partial charge in [-0.1, -0.05) is 0 Å². The van der Waals surface area contributed by atoms with Gasteiger partial charge in [0.15, 0.2) is 5.37 Å². The third-order valence-corrected chi connectivity index (χ3v) is 3.85. The van der Waals surface area contributed by atoms with E-state index in [0.29, 0.717) is 0 Å². The molecule has 1 aliphatic rings. The average Bonchev–Trinajstić information content (AvgIpc) is 2.75. The first-order valence-corrected chi connectivity index (χ1v) is 5.89. The van der Waals surface area contributed by atoms with E-state index in [2.05, 4.69) is 10.7 Å². The maximum atomic E-state index is 10.6. The summed E-state index contributed by atoms with van der Waals surface area (Å²) in [6.07, 6.45) is 0. The summed E-state index contributed by atoms with van der Waals surface area (Å²) in [6, 6.07) is 2.24. The minimum Gasteiger partial charge on any atom is -0.479 e. The fourth-order valence-electron chi connectivity index (χ4n) is 1.28. The molecule has 1 aromatic rings. The molecule has 2 N–H and O–H groups in total. The predicted octanol–water partition coefficient (Wildman–Crippen LogP) is 1.54. The maximum absolute atomic E-state index is 10.6. The molecule has 70 valence electrons. The predicted molar refractivity (Wildman–Crippen MR) is 54.1 cm³/mol. The van der Waals surface area contributed by atoms with Crippen LogP contribution in [0.15, 0.2) is 16.8 Å². The van der Waals surface area contributed by atoms with Crippen molar-refractivity contribution in [3.8, 4) is 0 Å². The molecule has 1 aliphatic heterocycles. The molecule has 0 aromatic carbocycles. The molecule has 2 heterocycles. The number of carbonyl (C=O) groups is 1. The van der Waals surface area contributed by atoms with Crippen molar-refractivity contribution in [2.75, 3.05) is 5.75 Å². The van der Waals surface area contributed by atoms with Crippen LogP contribution in [0.3, 0.4) is 0 Å². The Kier molecular flexibility index (Phi) is 2.57. The zero-order chi connectivity index (χ0) is 9.26. The number of rotatable bonds is 2. The highest BCUT2D eigenvalue weighted by molar-refractivity contribution is 8.00. The fourth-order valence-corrected chi connectivity index (χ4v) is 3.07. The molecule has 2 rings (SSSR count). The van der Waals surface area contributed by atoms with E-state index < -0.39 is 11.3 Å². The van der Waals surface area contributed by atoms with Gasteiger partial charge in [0.05, 0.1) is 0 Å². The second-order valence-electron chi connectivity index (χ2n) is 2.83. The van der Waals surface area contributed by atoms with Crippen molar-refractivity contribution in [2.24, 2.45) is 0 Å². The minimum absolute atomic E-state index is 0.206. The molecule has 3 nitrogen and oxygen atoms in total. The van der Waals surface area contributed by atoms with Gasteiger partial charge in [-0.05, 0) is 22.4 Å². The van der Waals surface area contributed by atoms with Gasteiger partial charge in [-0.2, -0.15) is 11.3 Å². The fraction of sp³-hybridized carbons (Fsp3) is 0.375. The highest BCUT2D eigenvalue weighted by Crippen LogP contribution is 2.29. The first-order chi connectivity index (χ1) is 6.27. The van der Waals surface area contributed by atoms with E-state index in [4.69, 9.17) is 5.11 Å². The summed E-state index contributed by atoms with van der Waals surface area (Å²) < 4.78 is 0. The van der Waals surface area contributed by atoms with Crippen molar-refractivity contribution in [3.63, 3.8) is 0 Å². The van der Waals surface area contributed by atoms with Crippen LogP contribution in [0.5, 0.6) is 0 Å². The Hall–Kier alpha value is -0.520. The topological polar surface area (TPSA) is 49.3 Å². The third kappa shape index (κ3) is 1.87. The van der Waals surface area contributed by atoms with Crippen LogP contribution in [0.1, 0.15) is 11.6 Å². The number of nitrogens with one attached hydrogen (secondary N) is 1. The van der Waals surface area contributed by atoms with Crippen molar-refractivity contribution in [2.45, 2.75) is 11.4 Å². The summed E-state index contributed by atoms with van der Waals surface area (Å²) in [7, 11) is 0. The van der Waals surface area contributed by atoms with Crippen molar-refractivity contribution in [1.29, 1.82) is 0 Å². The number of thioether (sulfide) groups is 1. The minimum atomic E-state index is -0.775. The van der Waals surface area contributed by atoms with E-state index in [0.717, 1.165) is 5.75 Å². The Balaban J connectivity index is 2.03. The molecule has 5 heteroatoms. The standard InChI is InChI=1S/C8H9NO2S2/c10-8(11)7-9-6(4-13-7)5-1-2-12-3-5/h1-3,6-7,9H,4H2,(H,10,11)/t6-,7+/m1/s1. The zero-order valence-electron chi connectivity index (χ0n) is 6.77. The van der Waals surface area contributed by atoms with Crippen LogP contribution >= 0.6 is 23.1 Å². The molecule has 1 fully saturated rings. The van der Waals surface area contributed by atoms with Gasteiger partial charge in [0.1, 0.15) is 0 Å². The Bertz CT molecular complexity index is 299. The Morgan fingerprint density at radius 3 is 3.08 bits per heavy atom. The van der Waals surface area contributed by atoms with Gasteiger partial charge in [0.2, 0.25) is 0 Å². The number of hydrogen-bond acceptors (Lipinski definition) is 4. The van der Waals surface area contributed by atoms with Gasteiger partial charge in [-0.3, -0.25) is 5.32 Å². The van der Waals surface area contributed by atoms with Crippen LogP contribution in [0.25, 0.3) is 0 Å². The largest absolute Gasteiger partial charge is 0.479 e. The summed E-state index contributed by atoms with van der Waals surface area (Å²) in [4.78, 5) is 10.6. The normalized spacial score (nSPS) is 27.7. The van der Waals surface area contributed by atoms with Crippen molar-refractivity contribution < 1.29 is 9.90 Å². The van der Waals surface area contributed by atoms with Crippen molar-refractivity contribution in [1.82, 2.24) is 5.32 Å². The molecule has 0 bridgehead atoms. The van der Waals surface area contributed by atoms with Crippen LogP contribution in [0, 0.1) is 0 Å². The van der Waals surface area contributed by atoms with Gasteiger partial charge in [-0.15, -0.1) is 11.8 Å². The number of thiophene rings is 1. The molecule has 13 heavy (non-hydrogen) atoms. The maximum Gasteiger partial charge on any atom is 0.331 e. The van der Waals surface area contributed by atoms with E-state index in [1.165, 1.54) is 17.3 Å². The lowest BCUT2D eigenvalue weighted by Gasteiger charge is -2.07. The van der Waals surface area contributed by atoms with Gasteiger partial charge >= 0.3 is 5.97 Å². The summed E-state index contributed by atoms with van der Waals surface area (Å²) in [6.45, 7) is 0. The van der Waals surface area contributed by atoms with Gasteiger partial charge in [0.25, 0.3) is 0 Å². The average molecular weight is 215 g/mol. The molecule has 1 aromatic heterocycles. The van der Waals surface area contributed by atoms with Crippen LogP contribution < -0.4 is 5.32 Å². The molecule has 0 radical (unpaired) electrons. The Morgan fingerprint density at radius 1 is 1.69 bits per heavy atom. The zero-order valence-corrected chi connectivity index (χ0v) is 8.40. The van der Waals surface area contributed by atoms with E-state index in [-0.39, 0.29) is 6.04 Å².